The number of fused-ring (bicyclic) bond motifs is 1. The second-order valence-electron chi connectivity index (χ2n) is 7.62. The lowest BCUT2D eigenvalue weighted by Gasteiger charge is -2.46. The Balaban J connectivity index is 1.88. The Labute approximate surface area is 160 Å². The minimum atomic E-state index is -1.81. The molecule has 1 saturated carbocycles. The smallest absolute Gasteiger partial charge is 0.339 e. The predicted octanol–water partition coefficient (Wildman–Crippen LogP) is -2.89. The summed E-state index contributed by atoms with van der Waals surface area (Å²) in [6.07, 6.45) is -7.88. The lowest BCUT2D eigenvalue weighted by Crippen LogP contribution is -2.62. The number of aliphatic hydroxyl groups excluding tert-OH is 4. The molecule has 0 radical (unpaired) electrons. The van der Waals surface area contributed by atoms with Gasteiger partial charge >= 0.3 is 5.97 Å². The van der Waals surface area contributed by atoms with Crippen molar-refractivity contribution in [2.75, 3.05) is 13.7 Å². The monoisotopic (exact) mass is 406 g/mol. The summed E-state index contributed by atoms with van der Waals surface area (Å²) in [7, 11) is 1.14. The molecule has 1 aliphatic carbocycles. The second-order valence-corrected chi connectivity index (χ2v) is 7.62. The van der Waals surface area contributed by atoms with Crippen LogP contribution in [0.2, 0.25) is 0 Å². The molecule has 3 aliphatic rings. The predicted molar refractivity (Wildman–Crippen MR) is 88.1 cm³/mol. The molecular formula is C17H26O11. The standard InChI is InChI=1S/C17H26O11/c1-16(23)3-4-17(24)7(13(22)25-2)6-26-15(12(16)17)28-14-11(21)10(20)9(19)8(5-18)27-14/h6,8-12,14-15,18-21,23-24H,3-5H2,1-2H3/t8-,9-,10+,11-,12-,14+,15-,16+,17+/m1/s1. The Bertz CT molecular complexity index is 633. The van der Waals surface area contributed by atoms with Crippen molar-refractivity contribution in [3.05, 3.63) is 11.8 Å². The number of hydrogen-bond acceptors (Lipinski definition) is 11. The maximum atomic E-state index is 12.0. The summed E-state index contributed by atoms with van der Waals surface area (Å²) in [4.78, 5) is 12.0. The van der Waals surface area contributed by atoms with Gasteiger partial charge in [0.15, 0.2) is 6.29 Å². The van der Waals surface area contributed by atoms with Crippen molar-refractivity contribution in [1.82, 2.24) is 0 Å². The third-order valence-electron chi connectivity index (χ3n) is 5.78. The molecular weight excluding hydrogens is 380 g/mol. The molecule has 28 heavy (non-hydrogen) atoms. The Kier molecular flexibility index (Phi) is 5.73. The average Bonchev–Trinajstić information content (AvgIpc) is 2.92. The van der Waals surface area contributed by atoms with Crippen LogP contribution in [0.15, 0.2) is 11.8 Å². The summed E-state index contributed by atoms with van der Waals surface area (Å²) in [5.74, 6) is -1.97. The first kappa shape index (κ1) is 21.4. The van der Waals surface area contributed by atoms with Crippen molar-refractivity contribution >= 4 is 5.97 Å². The van der Waals surface area contributed by atoms with Gasteiger partial charge in [-0.25, -0.2) is 4.79 Å². The Hall–Kier alpha value is -1.31. The van der Waals surface area contributed by atoms with Crippen LogP contribution in [-0.4, -0.2) is 98.5 Å². The van der Waals surface area contributed by atoms with Crippen LogP contribution in [0.25, 0.3) is 0 Å². The summed E-state index contributed by atoms with van der Waals surface area (Å²) in [5, 5.41) is 61.1. The van der Waals surface area contributed by atoms with Gasteiger partial charge in [-0.2, -0.15) is 0 Å². The van der Waals surface area contributed by atoms with Crippen molar-refractivity contribution in [2.45, 2.75) is 68.0 Å². The van der Waals surface area contributed by atoms with E-state index in [0.29, 0.717) is 0 Å². The van der Waals surface area contributed by atoms with Crippen LogP contribution in [0.4, 0.5) is 0 Å². The van der Waals surface area contributed by atoms with Gasteiger partial charge in [0.1, 0.15) is 35.6 Å². The summed E-state index contributed by atoms with van der Waals surface area (Å²) in [6.45, 7) is 0.802. The maximum absolute atomic E-state index is 12.0. The first-order chi connectivity index (χ1) is 13.1. The average molecular weight is 406 g/mol. The molecule has 1 saturated heterocycles. The van der Waals surface area contributed by atoms with E-state index >= 15 is 0 Å². The number of carbonyl (C=O) groups is 1. The number of esters is 1. The van der Waals surface area contributed by atoms with Gasteiger partial charge in [-0.3, -0.25) is 0 Å². The van der Waals surface area contributed by atoms with Crippen molar-refractivity contribution in [2.24, 2.45) is 5.92 Å². The number of carbonyl (C=O) groups excluding carboxylic acids is 1. The van der Waals surface area contributed by atoms with Crippen molar-refractivity contribution in [3.63, 3.8) is 0 Å². The van der Waals surface area contributed by atoms with Crippen LogP contribution >= 0.6 is 0 Å². The molecule has 2 aliphatic heterocycles. The van der Waals surface area contributed by atoms with E-state index < -0.39 is 66.7 Å². The fraction of sp³-hybridized carbons (Fsp3) is 0.824. The summed E-state index contributed by atoms with van der Waals surface area (Å²) >= 11 is 0. The Morgan fingerprint density at radius 3 is 2.46 bits per heavy atom. The van der Waals surface area contributed by atoms with Gasteiger partial charge in [0.25, 0.3) is 0 Å². The van der Waals surface area contributed by atoms with Crippen LogP contribution in [0.3, 0.4) is 0 Å². The van der Waals surface area contributed by atoms with Crippen LogP contribution in [0, 0.1) is 5.92 Å². The van der Waals surface area contributed by atoms with E-state index in [1.165, 1.54) is 6.92 Å². The van der Waals surface area contributed by atoms with E-state index in [1.807, 2.05) is 0 Å². The minimum absolute atomic E-state index is 0.0313. The molecule has 0 spiro atoms. The lowest BCUT2D eigenvalue weighted by atomic mass is 9.77. The normalized spacial score (nSPS) is 48.4. The van der Waals surface area contributed by atoms with Gasteiger partial charge in [-0.1, -0.05) is 0 Å². The van der Waals surface area contributed by atoms with Crippen LogP contribution in [0.5, 0.6) is 0 Å². The molecule has 0 aromatic rings. The topological polar surface area (TPSA) is 175 Å². The summed E-state index contributed by atoms with van der Waals surface area (Å²) < 4.78 is 20.9. The zero-order valence-corrected chi connectivity index (χ0v) is 15.5. The molecule has 0 bridgehead atoms. The lowest BCUT2D eigenvalue weighted by molar-refractivity contribution is -0.351. The molecule has 2 heterocycles. The summed E-state index contributed by atoms with van der Waals surface area (Å²) in [6, 6.07) is 0. The van der Waals surface area contributed by atoms with Gasteiger partial charge in [0.2, 0.25) is 6.29 Å². The Morgan fingerprint density at radius 2 is 1.86 bits per heavy atom. The SMILES string of the molecule is COC(=O)C1=CO[C@H](O[C@@H]2O[C@H](CO)[C@@H](O)[C@H](O)[C@H]2O)[C@@H]2[C@@](C)(O)CC[C@]12O. The molecule has 3 rings (SSSR count). The van der Waals surface area contributed by atoms with E-state index in [2.05, 4.69) is 4.74 Å². The fourth-order valence-corrected chi connectivity index (χ4v) is 4.16. The van der Waals surface area contributed by atoms with Crippen LogP contribution in [0.1, 0.15) is 19.8 Å². The van der Waals surface area contributed by atoms with E-state index in [0.717, 1.165) is 13.4 Å². The van der Waals surface area contributed by atoms with E-state index in [-0.39, 0.29) is 18.4 Å². The molecule has 11 heteroatoms. The largest absolute Gasteiger partial charge is 0.471 e. The molecule has 6 N–H and O–H groups in total. The van der Waals surface area contributed by atoms with E-state index in [1.54, 1.807) is 0 Å². The number of ether oxygens (including phenoxy) is 4. The first-order valence-corrected chi connectivity index (χ1v) is 8.92. The molecule has 9 atom stereocenters. The zero-order valence-electron chi connectivity index (χ0n) is 15.5. The number of methoxy groups -OCH3 is 1. The molecule has 0 unspecified atom stereocenters. The van der Waals surface area contributed by atoms with Crippen LogP contribution in [-0.2, 0) is 23.7 Å². The van der Waals surface area contributed by atoms with E-state index in [4.69, 9.17) is 14.2 Å². The highest BCUT2D eigenvalue weighted by Gasteiger charge is 2.64. The van der Waals surface area contributed by atoms with Crippen LogP contribution < -0.4 is 0 Å². The van der Waals surface area contributed by atoms with Gasteiger partial charge in [0, 0.05) is 0 Å². The number of rotatable bonds is 4. The van der Waals surface area contributed by atoms with Gasteiger partial charge < -0.3 is 49.6 Å². The molecule has 160 valence electrons. The second kappa shape index (κ2) is 7.50. The molecule has 2 fully saturated rings. The zero-order chi connectivity index (χ0) is 20.9. The summed E-state index contributed by atoms with van der Waals surface area (Å²) in [5.41, 5.74) is -3.49. The van der Waals surface area contributed by atoms with Gasteiger partial charge in [-0.15, -0.1) is 0 Å². The highest BCUT2D eigenvalue weighted by molar-refractivity contribution is 5.90. The molecule has 11 nitrogen and oxygen atoms in total. The third kappa shape index (κ3) is 3.31. The molecule has 0 amide bonds. The number of aliphatic hydroxyl groups is 6. The van der Waals surface area contributed by atoms with Crippen molar-refractivity contribution < 1.29 is 54.4 Å². The van der Waals surface area contributed by atoms with Crippen molar-refractivity contribution in [1.29, 1.82) is 0 Å². The maximum Gasteiger partial charge on any atom is 0.339 e. The Morgan fingerprint density at radius 1 is 1.18 bits per heavy atom. The van der Waals surface area contributed by atoms with Gasteiger partial charge in [-0.05, 0) is 19.8 Å². The van der Waals surface area contributed by atoms with E-state index in [9.17, 15) is 35.4 Å². The first-order valence-electron chi connectivity index (χ1n) is 8.92. The van der Waals surface area contributed by atoms with Crippen molar-refractivity contribution in [3.8, 4) is 0 Å². The third-order valence-corrected chi connectivity index (χ3v) is 5.78. The quantitative estimate of drug-likeness (QED) is 0.264. The minimum Gasteiger partial charge on any atom is -0.471 e. The highest BCUT2D eigenvalue weighted by Crippen LogP contribution is 2.52. The van der Waals surface area contributed by atoms with Gasteiger partial charge in [0.05, 0.1) is 31.5 Å². The molecule has 0 aromatic carbocycles. The number of hydrogen-bond donors (Lipinski definition) is 6. The molecule has 0 aromatic heterocycles. The highest BCUT2D eigenvalue weighted by atomic mass is 16.8. The fourth-order valence-electron chi connectivity index (χ4n) is 4.16.